The summed E-state index contributed by atoms with van der Waals surface area (Å²) in [6, 6.07) is 9.74. The number of nitrogens with zero attached hydrogens (tertiary/aromatic N) is 3. The minimum Gasteiger partial charge on any atom is -0.462 e. The standard InChI is InChI=1S/C16H15N3O2/c1-2-21-16(20)15-10-18-19(12-15)11-14-7-5-13(6-8-14)4-3-9-17/h3-8,10,12H,2,11H2,1H3/b4-3+. The van der Waals surface area contributed by atoms with Crippen LogP contribution in [0, 0.1) is 11.3 Å². The van der Waals surface area contributed by atoms with Gasteiger partial charge in [-0.05, 0) is 24.1 Å². The van der Waals surface area contributed by atoms with Crippen molar-refractivity contribution in [2.24, 2.45) is 0 Å². The van der Waals surface area contributed by atoms with Gasteiger partial charge in [-0.25, -0.2) is 4.79 Å². The number of nitriles is 1. The molecule has 0 bridgehead atoms. The zero-order valence-corrected chi connectivity index (χ0v) is 11.7. The molecule has 0 amide bonds. The molecule has 0 atom stereocenters. The average molecular weight is 281 g/mol. The van der Waals surface area contributed by atoms with Gasteiger partial charge in [-0.3, -0.25) is 4.68 Å². The van der Waals surface area contributed by atoms with Crippen molar-refractivity contribution >= 4 is 12.0 Å². The summed E-state index contributed by atoms with van der Waals surface area (Å²) in [5, 5.41) is 12.6. The van der Waals surface area contributed by atoms with E-state index in [1.54, 1.807) is 23.9 Å². The first-order valence-electron chi connectivity index (χ1n) is 6.57. The first kappa shape index (κ1) is 14.5. The van der Waals surface area contributed by atoms with Crippen LogP contribution in [-0.2, 0) is 11.3 Å². The van der Waals surface area contributed by atoms with E-state index < -0.39 is 0 Å². The van der Waals surface area contributed by atoms with Crippen molar-refractivity contribution in [3.63, 3.8) is 0 Å². The fraction of sp³-hybridized carbons (Fsp3) is 0.188. The normalized spacial score (nSPS) is 10.5. The molecule has 1 aromatic heterocycles. The van der Waals surface area contributed by atoms with Gasteiger partial charge in [-0.1, -0.05) is 24.3 Å². The Labute approximate surface area is 123 Å². The van der Waals surface area contributed by atoms with Gasteiger partial charge in [0.15, 0.2) is 0 Å². The molecular formula is C16H15N3O2. The van der Waals surface area contributed by atoms with E-state index in [0.717, 1.165) is 11.1 Å². The Balaban J connectivity index is 2.03. The Morgan fingerprint density at radius 3 is 2.86 bits per heavy atom. The molecule has 0 spiro atoms. The van der Waals surface area contributed by atoms with Gasteiger partial charge in [0.25, 0.3) is 0 Å². The zero-order chi connectivity index (χ0) is 15.1. The number of carbonyl (C=O) groups excluding carboxylic acids is 1. The maximum absolute atomic E-state index is 11.5. The SMILES string of the molecule is CCOC(=O)c1cnn(Cc2ccc(/C=C/C#N)cc2)c1. The summed E-state index contributed by atoms with van der Waals surface area (Å²) in [5.74, 6) is -0.360. The lowest BCUT2D eigenvalue weighted by molar-refractivity contribution is 0.0526. The van der Waals surface area contributed by atoms with E-state index in [2.05, 4.69) is 5.10 Å². The molecule has 0 aliphatic carbocycles. The molecule has 106 valence electrons. The highest BCUT2D eigenvalue weighted by Gasteiger charge is 2.09. The lowest BCUT2D eigenvalue weighted by Crippen LogP contribution is -2.04. The summed E-state index contributed by atoms with van der Waals surface area (Å²) in [5.41, 5.74) is 2.47. The Kier molecular flexibility index (Phi) is 4.89. The molecule has 0 aliphatic rings. The number of allylic oxidation sites excluding steroid dienone is 1. The largest absolute Gasteiger partial charge is 0.462 e. The number of hydrogen-bond donors (Lipinski definition) is 0. The van der Waals surface area contributed by atoms with E-state index >= 15 is 0 Å². The van der Waals surface area contributed by atoms with Crippen molar-refractivity contribution in [3.05, 3.63) is 59.4 Å². The van der Waals surface area contributed by atoms with Crippen LogP contribution in [0.4, 0.5) is 0 Å². The Bertz CT molecular complexity index is 678. The molecule has 0 fully saturated rings. The summed E-state index contributed by atoms with van der Waals surface area (Å²) < 4.78 is 6.61. The predicted octanol–water partition coefficient (Wildman–Crippen LogP) is 2.64. The van der Waals surface area contributed by atoms with Crippen molar-refractivity contribution in [3.8, 4) is 6.07 Å². The minimum absolute atomic E-state index is 0.349. The third-order valence-corrected chi connectivity index (χ3v) is 2.82. The summed E-state index contributed by atoms with van der Waals surface area (Å²) >= 11 is 0. The monoisotopic (exact) mass is 281 g/mol. The van der Waals surface area contributed by atoms with Crippen molar-refractivity contribution in [2.75, 3.05) is 6.61 Å². The van der Waals surface area contributed by atoms with Gasteiger partial charge >= 0.3 is 5.97 Å². The molecule has 0 N–H and O–H groups in total. The van der Waals surface area contributed by atoms with Crippen LogP contribution in [0.25, 0.3) is 6.08 Å². The molecular weight excluding hydrogens is 266 g/mol. The van der Waals surface area contributed by atoms with Crippen LogP contribution in [0.1, 0.15) is 28.4 Å². The second kappa shape index (κ2) is 7.06. The molecule has 0 radical (unpaired) electrons. The van der Waals surface area contributed by atoms with E-state index in [1.807, 2.05) is 30.3 Å². The van der Waals surface area contributed by atoms with Crippen molar-refractivity contribution in [1.29, 1.82) is 5.26 Å². The summed E-state index contributed by atoms with van der Waals surface area (Å²) in [6.07, 6.45) is 6.36. The van der Waals surface area contributed by atoms with Gasteiger partial charge < -0.3 is 4.74 Å². The fourth-order valence-corrected chi connectivity index (χ4v) is 1.82. The molecule has 5 nitrogen and oxygen atoms in total. The zero-order valence-electron chi connectivity index (χ0n) is 11.7. The minimum atomic E-state index is -0.360. The number of ether oxygens (including phenoxy) is 1. The second-order valence-electron chi connectivity index (χ2n) is 4.35. The summed E-state index contributed by atoms with van der Waals surface area (Å²) in [7, 11) is 0. The van der Waals surface area contributed by atoms with Gasteiger partial charge in [0.2, 0.25) is 0 Å². The van der Waals surface area contributed by atoms with E-state index in [-0.39, 0.29) is 5.97 Å². The molecule has 2 rings (SSSR count). The van der Waals surface area contributed by atoms with Gasteiger partial charge in [0.05, 0.1) is 31.0 Å². The van der Waals surface area contributed by atoms with E-state index in [9.17, 15) is 4.79 Å². The summed E-state index contributed by atoms with van der Waals surface area (Å²) in [6.45, 7) is 2.69. The van der Waals surface area contributed by atoms with Gasteiger partial charge in [-0.2, -0.15) is 10.4 Å². The molecule has 1 heterocycles. The van der Waals surface area contributed by atoms with Crippen LogP contribution < -0.4 is 0 Å². The van der Waals surface area contributed by atoms with Crippen molar-refractivity contribution < 1.29 is 9.53 Å². The smallest absolute Gasteiger partial charge is 0.341 e. The van der Waals surface area contributed by atoms with E-state index in [0.29, 0.717) is 18.7 Å². The third kappa shape index (κ3) is 4.05. The quantitative estimate of drug-likeness (QED) is 0.624. The molecule has 0 aliphatic heterocycles. The van der Waals surface area contributed by atoms with Gasteiger partial charge in [0, 0.05) is 12.3 Å². The molecule has 0 saturated carbocycles. The van der Waals surface area contributed by atoms with Crippen LogP contribution in [0.2, 0.25) is 0 Å². The highest BCUT2D eigenvalue weighted by Crippen LogP contribution is 2.09. The summed E-state index contributed by atoms with van der Waals surface area (Å²) in [4.78, 5) is 11.5. The molecule has 1 aromatic carbocycles. The van der Waals surface area contributed by atoms with Crippen molar-refractivity contribution in [2.45, 2.75) is 13.5 Å². The number of aromatic nitrogens is 2. The Hall–Kier alpha value is -2.87. The van der Waals surface area contributed by atoms with Crippen LogP contribution >= 0.6 is 0 Å². The fourth-order valence-electron chi connectivity index (χ4n) is 1.82. The number of esters is 1. The van der Waals surface area contributed by atoms with Gasteiger partial charge in [-0.15, -0.1) is 0 Å². The second-order valence-corrected chi connectivity index (χ2v) is 4.35. The molecule has 0 saturated heterocycles. The molecule has 5 heteroatoms. The number of benzene rings is 1. The molecule has 0 unspecified atom stereocenters. The molecule has 2 aromatic rings. The van der Waals surface area contributed by atoms with Gasteiger partial charge in [0.1, 0.15) is 0 Å². The Morgan fingerprint density at radius 1 is 1.43 bits per heavy atom. The topological polar surface area (TPSA) is 67.9 Å². The van der Waals surface area contributed by atoms with Crippen LogP contribution in [-0.4, -0.2) is 22.4 Å². The van der Waals surface area contributed by atoms with Crippen LogP contribution in [0.15, 0.2) is 42.7 Å². The van der Waals surface area contributed by atoms with Crippen LogP contribution in [0.3, 0.4) is 0 Å². The number of rotatable bonds is 5. The van der Waals surface area contributed by atoms with Crippen LogP contribution in [0.5, 0.6) is 0 Å². The highest BCUT2D eigenvalue weighted by atomic mass is 16.5. The molecule has 21 heavy (non-hydrogen) atoms. The lowest BCUT2D eigenvalue weighted by Gasteiger charge is -2.02. The third-order valence-electron chi connectivity index (χ3n) is 2.82. The maximum atomic E-state index is 11.5. The average Bonchev–Trinajstić information content (AvgIpc) is 2.95. The van der Waals surface area contributed by atoms with E-state index in [4.69, 9.17) is 10.00 Å². The van der Waals surface area contributed by atoms with E-state index in [1.165, 1.54) is 12.3 Å². The predicted molar refractivity (Wildman–Crippen MR) is 78.4 cm³/mol. The van der Waals surface area contributed by atoms with Crippen molar-refractivity contribution in [1.82, 2.24) is 9.78 Å². The number of carbonyl (C=O) groups is 1. The maximum Gasteiger partial charge on any atom is 0.341 e. The lowest BCUT2D eigenvalue weighted by atomic mass is 10.1. The first-order valence-corrected chi connectivity index (χ1v) is 6.57. The first-order chi connectivity index (χ1) is 10.2. The number of hydrogen-bond acceptors (Lipinski definition) is 4. The Morgan fingerprint density at radius 2 is 2.19 bits per heavy atom. The highest BCUT2D eigenvalue weighted by molar-refractivity contribution is 5.88.